The topological polar surface area (TPSA) is 54.0 Å². The molecule has 0 aromatic rings. The summed E-state index contributed by atoms with van der Waals surface area (Å²) in [6.07, 6.45) is 18.9. The summed E-state index contributed by atoms with van der Waals surface area (Å²) in [6.45, 7) is 14.2. The molecular formula is C26H52O5P2. The van der Waals surface area contributed by atoms with Gasteiger partial charge in [0.1, 0.15) is 0 Å². The lowest BCUT2D eigenvalue weighted by Gasteiger charge is -2.14. The maximum atomic E-state index is 12.3. The minimum Gasteiger partial charge on any atom is -0.331 e. The first-order valence-electron chi connectivity index (χ1n) is 13.3. The number of unbranched alkanes of at least 4 members (excludes halogenated alkanes) is 13. The Kier molecular flexibility index (Phi) is 25.1. The summed E-state index contributed by atoms with van der Waals surface area (Å²) in [5, 5.41) is 0. The van der Waals surface area contributed by atoms with E-state index in [2.05, 4.69) is 27.0 Å². The highest BCUT2D eigenvalue weighted by atomic mass is 31.2. The van der Waals surface area contributed by atoms with Crippen molar-refractivity contribution in [1.29, 1.82) is 0 Å². The molecule has 0 rings (SSSR count). The maximum absolute atomic E-state index is 12.3. The predicted molar refractivity (Wildman–Crippen MR) is 144 cm³/mol. The monoisotopic (exact) mass is 506 g/mol. The van der Waals surface area contributed by atoms with Crippen LogP contribution >= 0.6 is 16.0 Å². The third-order valence-electron chi connectivity index (χ3n) is 5.39. The van der Waals surface area contributed by atoms with Gasteiger partial charge < -0.3 is 18.1 Å². The molecule has 0 amide bonds. The van der Waals surface area contributed by atoms with E-state index in [9.17, 15) is 4.57 Å². The number of rotatable bonds is 27. The van der Waals surface area contributed by atoms with Crippen molar-refractivity contribution in [2.75, 3.05) is 26.4 Å². The van der Waals surface area contributed by atoms with Gasteiger partial charge in [-0.25, -0.2) is 0 Å². The van der Waals surface area contributed by atoms with E-state index >= 15 is 0 Å². The second-order valence-electron chi connectivity index (χ2n) is 8.47. The van der Waals surface area contributed by atoms with Crippen molar-refractivity contribution in [2.24, 2.45) is 0 Å². The Morgan fingerprint density at radius 2 is 0.970 bits per heavy atom. The molecule has 0 saturated heterocycles. The van der Waals surface area contributed by atoms with Gasteiger partial charge in [-0.15, -0.1) is 0 Å². The molecule has 7 heteroatoms. The van der Waals surface area contributed by atoms with Crippen LogP contribution in [0.25, 0.3) is 0 Å². The fraction of sp³-hybridized carbons (Fsp3) is 0.846. The van der Waals surface area contributed by atoms with Crippen LogP contribution in [0.2, 0.25) is 0 Å². The van der Waals surface area contributed by atoms with E-state index in [-0.39, 0.29) is 0 Å². The van der Waals surface area contributed by atoms with Gasteiger partial charge in [0.25, 0.3) is 0 Å². The smallest absolute Gasteiger partial charge is 0.331 e. The van der Waals surface area contributed by atoms with E-state index in [1.54, 1.807) is 0 Å². The van der Waals surface area contributed by atoms with Crippen molar-refractivity contribution >= 4 is 16.0 Å². The highest BCUT2D eigenvalue weighted by Crippen LogP contribution is 2.49. The van der Waals surface area contributed by atoms with Crippen molar-refractivity contribution in [3.8, 4) is 0 Å². The van der Waals surface area contributed by atoms with Crippen LogP contribution in [0.15, 0.2) is 24.8 Å². The van der Waals surface area contributed by atoms with E-state index in [1.165, 1.54) is 63.6 Å². The SMILES string of the molecule is C=CP(OCCCC)OCCCCCCCCCCCCCCOP(=O)(C=C)OCCCC. The van der Waals surface area contributed by atoms with Gasteiger partial charge >= 0.3 is 7.60 Å². The molecule has 2 atom stereocenters. The van der Waals surface area contributed by atoms with E-state index in [0.717, 1.165) is 58.2 Å². The molecule has 0 N–H and O–H groups in total. The van der Waals surface area contributed by atoms with Crippen molar-refractivity contribution < 1.29 is 22.7 Å². The van der Waals surface area contributed by atoms with E-state index in [1.807, 2.05) is 5.82 Å². The van der Waals surface area contributed by atoms with E-state index in [4.69, 9.17) is 18.1 Å². The summed E-state index contributed by atoms with van der Waals surface area (Å²) in [6, 6.07) is 0. The molecule has 5 nitrogen and oxygen atoms in total. The first-order chi connectivity index (χ1) is 16.1. The molecule has 0 aromatic heterocycles. The Labute approximate surface area is 206 Å². The summed E-state index contributed by atoms with van der Waals surface area (Å²) in [5.41, 5.74) is 0. The van der Waals surface area contributed by atoms with Gasteiger partial charge in [-0.05, 0) is 31.5 Å². The molecular weight excluding hydrogens is 454 g/mol. The molecule has 0 spiro atoms. The molecule has 0 fully saturated rings. The van der Waals surface area contributed by atoms with Gasteiger partial charge in [-0.3, -0.25) is 4.57 Å². The third kappa shape index (κ3) is 22.2. The van der Waals surface area contributed by atoms with E-state index < -0.39 is 16.0 Å². The second kappa shape index (κ2) is 25.1. The van der Waals surface area contributed by atoms with Gasteiger partial charge in [-0.2, -0.15) is 0 Å². The van der Waals surface area contributed by atoms with Gasteiger partial charge in [0.05, 0.1) is 26.4 Å². The van der Waals surface area contributed by atoms with Gasteiger partial charge in [-0.1, -0.05) is 104 Å². The van der Waals surface area contributed by atoms with Crippen molar-refractivity contribution in [1.82, 2.24) is 0 Å². The Morgan fingerprint density at radius 3 is 1.39 bits per heavy atom. The molecule has 0 heterocycles. The predicted octanol–water partition coefficient (Wildman–Crippen LogP) is 10.1. The quantitative estimate of drug-likeness (QED) is 0.0819. The lowest BCUT2D eigenvalue weighted by molar-refractivity contribution is 0.206. The van der Waals surface area contributed by atoms with Crippen LogP contribution in [0.4, 0.5) is 0 Å². The third-order valence-corrected chi connectivity index (χ3v) is 8.09. The summed E-state index contributed by atoms with van der Waals surface area (Å²) >= 11 is 0. The first kappa shape index (κ1) is 33.0. The summed E-state index contributed by atoms with van der Waals surface area (Å²) < 4.78 is 34.6. The molecule has 0 saturated carbocycles. The summed E-state index contributed by atoms with van der Waals surface area (Å²) in [7, 11) is -3.97. The lowest BCUT2D eigenvalue weighted by atomic mass is 10.1. The maximum Gasteiger partial charge on any atom is 0.353 e. The van der Waals surface area contributed by atoms with E-state index in [0.29, 0.717) is 13.2 Å². The van der Waals surface area contributed by atoms with Crippen molar-refractivity contribution in [2.45, 2.75) is 117 Å². The minimum atomic E-state index is -3.08. The minimum absolute atomic E-state index is 0.472. The molecule has 0 aliphatic carbocycles. The Bertz CT molecular complexity index is 487. The number of hydrogen-bond donors (Lipinski definition) is 0. The second-order valence-corrected chi connectivity index (χ2v) is 11.9. The van der Waals surface area contributed by atoms with Gasteiger partial charge in [0, 0.05) is 5.82 Å². The van der Waals surface area contributed by atoms with Crippen molar-refractivity contribution in [3.05, 3.63) is 24.8 Å². The fourth-order valence-corrected chi connectivity index (χ4v) is 5.19. The molecule has 2 unspecified atom stereocenters. The van der Waals surface area contributed by atoms with Crippen LogP contribution in [0, 0.1) is 0 Å². The highest BCUT2D eigenvalue weighted by molar-refractivity contribution is 7.57. The molecule has 33 heavy (non-hydrogen) atoms. The van der Waals surface area contributed by atoms with Crippen LogP contribution in [-0.2, 0) is 22.7 Å². The molecule has 0 aliphatic heterocycles. The fourth-order valence-electron chi connectivity index (χ4n) is 3.24. The normalized spacial score (nSPS) is 14.1. The molecule has 196 valence electrons. The zero-order valence-corrected chi connectivity index (χ0v) is 23.4. The molecule has 0 radical (unpaired) electrons. The van der Waals surface area contributed by atoms with Crippen LogP contribution in [-0.4, -0.2) is 26.4 Å². The molecule has 0 aliphatic rings. The van der Waals surface area contributed by atoms with Crippen LogP contribution < -0.4 is 0 Å². The van der Waals surface area contributed by atoms with Crippen molar-refractivity contribution in [3.63, 3.8) is 0 Å². The average Bonchev–Trinajstić information content (AvgIpc) is 2.82. The zero-order chi connectivity index (χ0) is 24.5. The van der Waals surface area contributed by atoms with Gasteiger partial charge in [0.2, 0.25) is 0 Å². The Balaban J connectivity index is 3.37. The van der Waals surface area contributed by atoms with Gasteiger partial charge in [0.15, 0.2) is 8.38 Å². The molecule has 0 aromatic carbocycles. The summed E-state index contributed by atoms with van der Waals surface area (Å²) in [4.78, 5) is 0. The first-order valence-corrected chi connectivity index (χ1v) is 16.2. The largest absolute Gasteiger partial charge is 0.353 e. The Morgan fingerprint density at radius 1 is 0.606 bits per heavy atom. The van der Waals surface area contributed by atoms with Crippen LogP contribution in [0.1, 0.15) is 117 Å². The lowest BCUT2D eigenvalue weighted by Crippen LogP contribution is -1.97. The van der Waals surface area contributed by atoms with Crippen LogP contribution in [0.5, 0.6) is 0 Å². The zero-order valence-electron chi connectivity index (χ0n) is 21.6. The van der Waals surface area contributed by atoms with Crippen LogP contribution in [0.3, 0.4) is 0 Å². The summed E-state index contributed by atoms with van der Waals surface area (Å²) in [5.74, 6) is 3.14. The molecule has 0 bridgehead atoms. The Hall–Kier alpha value is -0.0200. The average molecular weight is 507 g/mol. The highest BCUT2D eigenvalue weighted by Gasteiger charge is 2.18. The number of hydrogen-bond acceptors (Lipinski definition) is 5. The standard InChI is InChI=1S/C26H52O5P2/c1-5-9-23-28-32(7-3)29-24-21-19-17-15-13-11-12-14-16-18-20-22-26-31-33(27,8-4)30-25-10-6-2/h7-8H,3-6,9-26H2,1-2H3.